The lowest BCUT2D eigenvalue weighted by molar-refractivity contribution is -0.143. The van der Waals surface area contributed by atoms with Gasteiger partial charge in [-0.25, -0.2) is 4.79 Å². The van der Waals surface area contributed by atoms with Crippen molar-refractivity contribution in [2.24, 2.45) is 5.92 Å². The molecule has 0 aromatic heterocycles. The minimum Gasteiger partial charge on any atom is -0.480 e. The van der Waals surface area contributed by atoms with E-state index in [0.29, 0.717) is 5.75 Å². The number of carbonyl (C=O) groups excluding carboxylic acids is 1. The molecule has 0 aliphatic rings. The van der Waals surface area contributed by atoms with E-state index in [1.165, 1.54) is 11.8 Å². The normalized spacial score (nSPS) is 13.9. The Balaban J connectivity index is 4.13. The molecule has 0 heterocycles. The second-order valence-corrected chi connectivity index (χ2v) is 4.60. The molecule has 1 amide bonds. The Morgan fingerprint density at radius 2 is 2.19 bits per heavy atom. The number of carboxylic acids is 1. The first-order chi connectivity index (χ1) is 7.52. The maximum absolute atomic E-state index is 11.4. The van der Waals surface area contributed by atoms with Gasteiger partial charge in [-0.05, 0) is 5.92 Å². The predicted molar refractivity (Wildman–Crippen MR) is 66.5 cm³/mol. The first-order valence-corrected chi connectivity index (χ1v) is 6.39. The van der Waals surface area contributed by atoms with Crippen LogP contribution in [0.1, 0.15) is 20.3 Å². The molecule has 0 rings (SSSR count). The smallest absolute Gasteiger partial charge is 0.326 e. The number of nitrogens with one attached hydrogen (secondary N) is 1. The Morgan fingerprint density at radius 1 is 1.56 bits per heavy atom. The highest BCUT2D eigenvalue weighted by atomic mass is 32.2. The molecule has 2 atom stereocenters. The minimum atomic E-state index is -0.976. The van der Waals surface area contributed by atoms with Crippen molar-refractivity contribution in [3.05, 3.63) is 12.7 Å². The summed E-state index contributed by atoms with van der Waals surface area (Å²) in [5.74, 6) is -0.317. The molecule has 0 saturated carbocycles. The van der Waals surface area contributed by atoms with Gasteiger partial charge in [0.25, 0.3) is 0 Å². The second kappa shape index (κ2) is 8.21. The van der Waals surface area contributed by atoms with Crippen LogP contribution in [0, 0.1) is 5.92 Å². The summed E-state index contributed by atoms with van der Waals surface area (Å²) in [7, 11) is 0. The summed E-state index contributed by atoms with van der Waals surface area (Å²) >= 11 is 1.41. The van der Waals surface area contributed by atoms with Crippen LogP contribution in [-0.4, -0.2) is 34.5 Å². The first-order valence-electron chi connectivity index (χ1n) is 5.23. The van der Waals surface area contributed by atoms with Crippen molar-refractivity contribution >= 4 is 23.6 Å². The maximum Gasteiger partial charge on any atom is 0.326 e. The molecule has 0 aliphatic heterocycles. The third kappa shape index (κ3) is 5.80. The molecule has 0 saturated heterocycles. The second-order valence-electron chi connectivity index (χ2n) is 3.57. The largest absolute Gasteiger partial charge is 0.480 e. The van der Waals surface area contributed by atoms with E-state index in [2.05, 4.69) is 11.9 Å². The molecule has 0 unspecified atom stereocenters. The van der Waals surface area contributed by atoms with Crippen molar-refractivity contribution in [3.8, 4) is 0 Å². The molecule has 4 nitrogen and oxygen atoms in total. The molecular weight excluding hydrogens is 226 g/mol. The van der Waals surface area contributed by atoms with Crippen LogP contribution in [-0.2, 0) is 9.59 Å². The van der Waals surface area contributed by atoms with Crippen molar-refractivity contribution in [3.63, 3.8) is 0 Å². The number of amides is 1. The molecule has 0 spiro atoms. The number of aliphatic carboxylic acids is 1. The summed E-state index contributed by atoms with van der Waals surface area (Å²) < 4.78 is 0. The van der Waals surface area contributed by atoms with E-state index in [4.69, 9.17) is 5.11 Å². The molecule has 5 heteroatoms. The standard InChI is InChI=1S/C11H19NO3S/c1-4-6-16-7-9(13)12-10(11(14)15)8(3)5-2/h4,8,10H,1,5-7H2,2-3H3,(H,12,13)(H,14,15)/t8-,10-/m0/s1. The summed E-state index contributed by atoms with van der Waals surface area (Å²) in [6.07, 6.45) is 2.43. The van der Waals surface area contributed by atoms with Crippen molar-refractivity contribution < 1.29 is 14.7 Å². The van der Waals surface area contributed by atoms with Crippen LogP contribution < -0.4 is 5.32 Å². The highest BCUT2D eigenvalue weighted by molar-refractivity contribution is 8.00. The predicted octanol–water partition coefficient (Wildman–Crippen LogP) is 1.52. The monoisotopic (exact) mass is 245 g/mol. The summed E-state index contributed by atoms with van der Waals surface area (Å²) in [4.78, 5) is 22.4. The van der Waals surface area contributed by atoms with Gasteiger partial charge in [0.2, 0.25) is 5.91 Å². The zero-order valence-corrected chi connectivity index (χ0v) is 10.5. The molecule has 2 N–H and O–H groups in total. The van der Waals surface area contributed by atoms with Gasteiger partial charge in [-0.1, -0.05) is 26.3 Å². The zero-order chi connectivity index (χ0) is 12.6. The van der Waals surface area contributed by atoms with E-state index >= 15 is 0 Å². The topological polar surface area (TPSA) is 66.4 Å². The van der Waals surface area contributed by atoms with E-state index in [1.807, 2.05) is 13.8 Å². The summed E-state index contributed by atoms with van der Waals surface area (Å²) in [5, 5.41) is 11.5. The van der Waals surface area contributed by atoms with Crippen LogP contribution in [0.3, 0.4) is 0 Å². The Kier molecular flexibility index (Phi) is 7.72. The lowest BCUT2D eigenvalue weighted by atomic mass is 9.99. The molecule has 0 aromatic rings. The van der Waals surface area contributed by atoms with Gasteiger partial charge < -0.3 is 10.4 Å². The van der Waals surface area contributed by atoms with Gasteiger partial charge >= 0.3 is 5.97 Å². The van der Waals surface area contributed by atoms with Crippen LogP contribution in [0.5, 0.6) is 0 Å². The SMILES string of the molecule is C=CCSCC(=O)N[C@H](C(=O)O)[C@@H](C)CC. The van der Waals surface area contributed by atoms with Gasteiger partial charge in [-0.15, -0.1) is 18.3 Å². The Labute approximate surface area is 100 Å². The number of hydrogen-bond donors (Lipinski definition) is 2. The van der Waals surface area contributed by atoms with Crippen LogP contribution in [0.25, 0.3) is 0 Å². The Bertz CT molecular complexity index is 256. The lowest BCUT2D eigenvalue weighted by Gasteiger charge is -2.19. The number of carbonyl (C=O) groups is 2. The van der Waals surface area contributed by atoms with Crippen molar-refractivity contribution in [1.29, 1.82) is 0 Å². The van der Waals surface area contributed by atoms with Crippen molar-refractivity contribution in [2.45, 2.75) is 26.3 Å². The number of rotatable bonds is 8. The highest BCUT2D eigenvalue weighted by Gasteiger charge is 2.24. The van der Waals surface area contributed by atoms with Gasteiger partial charge in [0, 0.05) is 5.75 Å². The zero-order valence-electron chi connectivity index (χ0n) is 9.73. The van der Waals surface area contributed by atoms with Crippen LogP contribution in [0.15, 0.2) is 12.7 Å². The van der Waals surface area contributed by atoms with Gasteiger partial charge in [0.15, 0.2) is 0 Å². The van der Waals surface area contributed by atoms with Gasteiger partial charge in [0.05, 0.1) is 5.75 Å². The van der Waals surface area contributed by atoms with Crippen LogP contribution >= 0.6 is 11.8 Å². The first kappa shape index (κ1) is 15.0. The Morgan fingerprint density at radius 3 is 2.62 bits per heavy atom. The van der Waals surface area contributed by atoms with Crippen LogP contribution in [0.2, 0.25) is 0 Å². The van der Waals surface area contributed by atoms with Gasteiger partial charge in [-0.2, -0.15) is 0 Å². The lowest BCUT2D eigenvalue weighted by Crippen LogP contribution is -2.45. The van der Waals surface area contributed by atoms with E-state index in [1.54, 1.807) is 6.08 Å². The molecule has 0 aromatic carbocycles. The fraction of sp³-hybridized carbons (Fsp3) is 0.636. The quantitative estimate of drug-likeness (QED) is 0.502. The Hall–Kier alpha value is -0.970. The number of thioether (sulfide) groups is 1. The average Bonchev–Trinajstić information content (AvgIpc) is 2.25. The molecule has 92 valence electrons. The summed E-state index contributed by atoms with van der Waals surface area (Å²) in [5.41, 5.74) is 0. The molecule has 16 heavy (non-hydrogen) atoms. The van der Waals surface area contributed by atoms with Gasteiger partial charge in [-0.3, -0.25) is 4.79 Å². The van der Waals surface area contributed by atoms with E-state index in [0.717, 1.165) is 6.42 Å². The van der Waals surface area contributed by atoms with E-state index in [-0.39, 0.29) is 17.6 Å². The van der Waals surface area contributed by atoms with Crippen LogP contribution in [0.4, 0.5) is 0 Å². The third-order valence-corrected chi connectivity index (χ3v) is 3.20. The fourth-order valence-electron chi connectivity index (χ4n) is 1.13. The molecule has 0 aliphatic carbocycles. The highest BCUT2D eigenvalue weighted by Crippen LogP contribution is 2.08. The van der Waals surface area contributed by atoms with Gasteiger partial charge in [0.1, 0.15) is 6.04 Å². The third-order valence-electron chi connectivity index (χ3n) is 2.26. The molecule has 0 fully saturated rings. The number of hydrogen-bond acceptors (Lipinski definition) is 3. The number of carboxylic acid groups (broad SMARTS) is 1. The molecule has 0 radical (unpaired) electrons. The molecule has 0 bridgehead atoms. The van der Waals surface area contributed by atoms with Crippen molar-refractivity contribution in [2.75, 3.05) is 11.5 Å². The fourth-order valence-corrected chi connectivity index (χ4v) is 1.69. The maximum atomic E-state index is 11.4. The molecular formula is C11H19NO3S. The summed E-state index contributed by atoms with van der Waals surface area (Å²) in [6, 6.07) is -0.790. The summed E-state index contributed by atoms with van der Waals surface area (Å²) in [6.45, 7) is 7.26. The minimum absolute atomic E-state index is 0.0640. The van der Waals surface area contributed by atoms with E-state index in [9.17, 15) is 9.59 Å². The van der Waals surface area contributed by atoms with Crippen molar-refractivity contribution in [1.82, 2.24) is 5.32 Å². The average molecular weight is 245 g/mol. The van der Waals surface area contributed by atoms with E-state index < -0.39 is 12.0 Å².